The van der Waals surface area contributed by atoms with Crippen molar-refractivity contribution in [2.45, 2.75) is 44.0 Å². The molecule has 168 valence electrons. The number of hydrogen-bond acceptors (Lipinski definition) is 5. The zero-order valence-electron chi connectivity index (χ0n) is 18.5. The third kappa shape index (κ3) is 6.86. The van der Waals surface area contributed by atoms with Crippen molar-refractivity contribution in [1.29, 1.82) is 0 Å². The van der Waals surface area contributed by atoms with E-state index in [4.69, 9.17) is 0 Å². The highest BCUT2D eigenvalue weighted by Crippen LogP contribution is 2.25. The molecule has 1 amide bonds. The third-order valence-electron chi connectivity index (χ3n) is 4.82. The Morgan fingerprint density at radius 3 is 2.47 bits per heavy atom. The van der Waals surface area contributed by atoms with E-state index in [-0.39, 0.29) is 11.7 Å². The molecule has 0 saturated carbocycles. The lowest BCUT2D eigenvalue weighted by atomic mass is 10.1. The monoisotopic (exact) mass is 578 g/mol. The van der Waals surface area contributed by atoms with Gasteiger partial charge in [-0.25, -0.2) is 0 Å². The summed E-state index contributed by atoms with van der Waals surface area (Å²) in [7, 11) is 0. The highest BCUT2D eigenvalue weighted by molar-refractivity contribution is 14.1. The standard InChI is InChI=1S/C24H27IN4OS2/c1-5-10-29-21(14-31-13-19-8-6-16(2)7-9-19)27-28-24(29)32-15-22(30)26-23-17(3)11-20(25)12-18(23)4/h5-9,11-12H,1,10,13-15H2,2-4H3,(H,26,30). The number of carbonyl (C=O) groups excluding carboxylic acids is 1. The van der Waals surface area contributed by atoms with E-state index >= 15 is 0 Å². The maximum atomic E-state index is 12.6. The molecule has 2 aromatic carbocycles. The second-order valence-electron chi connectivity index (χ2n) is 7.53. The average Bonchev–Trinajstić information content (AvgIpc) is 3.12. The number of hydrogen-bond donors (Lipinski definition) is 1. The van der Waals surface area contributed by atoms with Crippen molar-refractivity contribution in [3.63, 3.8) is 0 Å². The average molecular weight is 579 g/mol. The first-order valence-corrected chi connectivity index (χ1v) is 13.4. The van der Waals surface area contributed by atoms with Gasteiger partial charge in [0.25, 0.3) is 0 Å². The summed E-state index contributed by atoms with van der Waals surface area (Å²) in [5.41, 5.74) is 5.58. The van der Waals surface area contributed by atoms with Gasteiger partial charge in [0, 0.05) is 21.6 Å². The molecule has 32 heavy (non-hydrogen) atoms. The van der Waals surface area contributed by atoms with E-state index in [2.05, 4.69) is 88.0 Å². The molecule has 0 aliphatic carbocycles. The summed E-state index contributed by atoms with van der Waals surface area (Å²) in [6, 6.07) is 12.7. The van der Waals surface area contributed by atoms with E-state index in [0.29, 0.717) is 6.54 Å². The molecule has 3 aromatic rings. The Kier molecular flexibility index (Phi) is 9.24. The summed E-state index contributed by atoms with van der Waals surface area (Å²) < 4.78 is 3.20. The van der Waals surface area contributed by atoms with Crippen molar-refractivity contribution < 1.29 is 4.79 Å². The van der Waals surface area contributed by atoms with Gasteiger partial charge in [-0.2, -0.15) is 0 Å². The molecule has 0 saturated heterocycles. The number of carbonyl (C=O) groups is 1. The van der Waals surface area contributed by atoms with Gasteiger partial charge in [0.15, 0.2) is 5.16 Å². The SMILES string of the molecule is C=CCn1c(CSCc2ccc(C)cc2)nnc1SCC(=O)Nc1c(C)cc(I)cc1C. The predicted octanol–water partition coefficient (Wildman–Crippen LogP) is 6.16. The molecule has 0 radical (unpaired) electrons. The third-order valence-corrected chi connectivity index (χ3v) is 7.41. The summed E-state index contributed by atoms with van der Waals surface area (Å²) in [4.78, 5) is 12.6. The number of halogens is 1. The van der Waals surface area contributed by atoms with Crippen LogP contribution in [0.15, 0.2) is 54.2 Å². The molecular weight excluding hydrogens is 551 g/mol. The first kappa shape index (κ1) is 24.9. The van der Waals surface area contributed by atoms with E-state index in [0.717, 1.165) is 42.9 Å². The number of anilines is 1. The molecule has 1 heterocycles. The van der Waals surface area contributed by atoms with Crippen LogP contribution in [0.25, 0.3) is 0 Å². The lowest BCUT2D eigenvalue weighted by Gasteiger charge is -2.12. The molecular formula is C24H27IN4OS2. The van der Waals surface area contributed by atoms with Crippen LogP contribution in [0, 0.1) is 24.3 Å². The molecule has 0 fully saturated rings. The van der Waals surface area contributed by atoms with Gasteiger partial charge < -0.3 is 9.88 Å². The van der Waals surface area contributed by atoms with E-state index in [9.17, 15) is 4.79 Å². The molecule has 0 spiro atoms. The van der Waals surface area contributed by atoms with Crippen LogP contribution in [0.2, 0.25) is 0 Å². The van der Waals surface area contributed by atoms with Crippen molar-refractivity contribution in [1.82, 2.24) is 14.8 Å². The fraction of sp³-hybridized carbons (Fsp3) is 0.292. The molecule has 0 aliphatic rings. The van der Waals surface area contributed by atoms with Crippen LogP contribution >= 0.6 is 46.1 Å². The van der Waals surface area contributed by atoms with Gasteiger partial charge in [0.05, 0.1) is 11.5 Å². The number of thioether (sulfide) groups is 2. The first-order chi connectivity index (χ1) is 15.4. The molecule has 3 rings (SSSR count). The number of allylic oxidation sites excluding steroid dienone is 1. The minimum atomic E-state index is -0.0501. The molecule has 0 unspecified atom stereocenters. The van der Waals surface area contributed by atoms with E-state index in [1.54, 1.807) is 11.8 Å². The number of aryl methyl sites for hydroxylation is 3. The molecule has 0 aliphatic heterocycles. The van der Waals surface area contributed by atoms with Gasteiger partial charge >= 0.3 is 0 Å². The Bertz CT molecular complexity index is 1070. The number of nitrogens with one attached hydrogen (secondary N) is 1. The lowest BCUT2D eigenvalue weighted by Crippen LogP contribution is -2.16. The Hall–Kier alpha value is -1.78. The topological polar surface area (TPSA) is 59.8 Å². The van der Waals surface area contributed by atoms with Crippen LogP contribution in [-0.2, 0) is 22.8 Å². The maximum Gasteiger partial charge on any atom is 0.234 e. The van der Waals surface area contributed by atoms with Crippen LogP contribution in [0.5, 0.6) is 0 Å². The smallest absolute Gasteiger partial charge is 0.234 e. The fourth-order valence-electron chi connectivity index (χ4n) is 3.20. The van der Waals surface area contributed by atoms with Gasteiger partial charge in [-0.05, 0) is 72.2 Å². The zero-order chi connectivity index (χ0) is 23.1. The summed E-state index contributed by atoms with van der Waals surface area (Å²) >= 11 is 5.49. The van der Waals surface area contributed by atoms with Crippen LogP contribution in [0.4, 0.5) is 5.69 Å². The van der Waals surface area contributed by atoms with E-state index < -0.39 is 0 Å². The van der Waals surface area contributed by atoms with E-state index in [1.807, 2.05) is 24.5 Å². The molecule has 1 N–H and O–H groups in total. The number of nitrogens with zero attached hydrogens (tertiary/aromatic N) is 3. The van der Waals surface area contributed by atoms with Crippen LogP contribution in [0.1, 0.15) is 28.1 Å². The van der Waals surface area contributed by atoms with E-state index in [1.165, 1.54) is 22.9 Å². The number of amides is 1. The Balaban J connectivity index is 1.59. The largest absolute Gasteiger partial charge is 0.325 e. The first-order valence-electron chi connectivity index (χ1n) is 10.2. The highest BCUT2D eigenvalue weighted by Gasteiger charge is 2.15. The second kappa shape index (κ2) is 11.9. The number of aromatic nitrogens is 3. The van der Waals surface area contributed by atoms with Crippen molar-refractivity contribution in [3.8, 4) is 0 Å². The quantitative estimate of drug-likeness (QED) is 0.178. The summed E-state index contributed by atoms with van der Waals surface area (Å²) in [6.07, 6.45) is 1.83. The predicted molar refractivity (Wildman–Crippen MR) is 144 cm³/mol. The number of rotatable bonds is 10. The minimum Gasteiger partial charge on any atom is -0.325 e. The van der Waals surface area contributed by atoms with Gasteiger partial charge in [0.2, 0.25) is 5.91 Å². The molecule has 5 nitrogen and oxygen atoms in total. The van der Waals surface area contributed by atoms with Gasteiger partial charge in [0.1, 0.15) is 5.82 Å². The van der Waals surface area contributed by atoms with Crippen molar-refractivity contribution in [2.75, 3.05) is 11.1 Å². The Morgan fingerprint density at radius 1 is 1.12 bits per heavy atom. The molecule has 0 atom stereocenters. The molecule has 0 bridgehead atoms. The lowest BCUT2D eigenvalue weighted by molar-refractivity contribution is -0.113. The second-order valence-corrected chi connectivity index (χ2v) is 10.7. The fourth-order valence-corrected chi connectivity index (χ4v) is 5.83. The summed E-state index contributed by atoms with van der Waals surface area (Å²) in [6.45, 7) is 10.6. The van der Waals surface area contributed by atoms with Gasteiger partial charge in [-0.1, -0.05) is 47.7 Å². The Labute approximate surface area is 212 Å². The maximum absolute atomic E-state index is 12.6. The minimum absolute atomic E-state index is 0.0501. The Morgan fingerprint density at radius 2 is 1.81 bits per heavy atom. The summed E-state index contributed by atoms with van der Waals surface area (Å²) in [5, 5.41) is 12.5. The van der Waals surface area contributed by atoms with Crippen molar-refractivity contribution >= 4 is 57.7 Å². The van der Waals surface area contributed by atoms with Crippen molar-refractivity contribution in [2.24, 2.45) is 0 Å². The highest BCUT2D eigenvalue weighted by atomic mass is 127. The molecule has 1 aromatic heterocycles. The summed E-state index contributed by atoms with van der Waals surface area (Å²) in [5.74, 6) is 2.79. The van der Waals surface area contributed by atoms with Gasteiger partial charge in [-0.15, -0.1) is 28.5 Å². The normalized spacial score (nSPS) is 10.9. The van der Waals surface area contributed by atoms with Crippen LogP contribution in [0.3, 0.4) is 0 Å². The van der Waals surface area contributed by atoms with Gasteiger partial charge in [-0.3, -0.25) is 4.79 Å². The van der Waals surface area contributed by atoms with Crippen LogP contribution < -0.4 is 5.32 Å². The zero-order valence-corrected chi connectivity index (χ0v) is 22.3. The number of benzene rings is 2. The van der Waals surface area contributed by atoms with Crippen molar-refractivity contribution in [3.05, 3.63) is 80.7 Å². The molecule has 8 heteroatoms. The van der Waals surface area contributed by atoms with Crippen LogP contribution in [-0.4, -0.2) is 26.4 Å².